The molecule has 18 heavy (non-hydrogen) atoms. The lowest BCUT2D eigenvalue weighted by Crippen LogP contribution is -2.34. The molecule has 5 heteroatoms. The lowest BCUT2D eigenvalue weighted by molar-refractivity contribution is -0.139. The van der Waals surface area contributed by atoms with Gasteiger partial charge in [0.15, 0.2) is 0 Å². The number of nitrogens with zero attached hydrogens (tertiary/aromatic N) is 1. The van der Waals surface area contributed by atoms with E-state index >= 15 is 0 Å². The van der Waals surface area contributed by atoms with Crippen LogP contribution in [0.2, 0.25) is 0 Å². The van der Waals surface area contributed by atoms with Crippen molar-refractivity contribution in [3.8, 4) is 0 Å². The number of esters is 1. The fourth-order valence-corrected chi connectivity index (χ4v) is 0.994. The summed E-state index contributed by atoms with van der Waals surface area (Å²) in [5.41, 5.74) is 0.381. The molecule has 0 aromatic carbocycles. The van der Waals surface area contributed by atoms with Gasteiger partial charge in [-0.25, -0.2) is 9.79 Å². The number of carbonyl (C=O) groups is 1. The van der Waals surface area contributed by atoms with E-state index in [4.69, 9.17) is 9.47 Å². The van der Waals surface area contributed by atoms with Crippen LogP contribution in [0.1, 0.15) is 34.6 Å². The number of amidine groups is 1. The summed E-state index contributed by atoms with van der Waals surface area (Å²) in [4.78, 5) is 15.4. The molecule has 0 saturated heterocycles. The molecule has 0 rings (SSSR count). The third-order valence-corrected chi connectivity index (χ3v) is 1.69. The molecule has 104 valence electrons. The zero-order chi connectivity index (χ0) is 14.1. The summed E-state index contributed by atoms with van der Waals surface area (Å²) >= 11 is 0. The smallest absolute Gasteiger partial charge is 0.333 e. The lowest BCUT2D eigenvalue weighted by Gasteiger charge is -2.15. The summed E-state index contributed by atoms with van der Waals surface area (Å²) < 4.78 is 10.3. The van der Waals surface area contributed by atoms with Gasteiger partial charge in [0.1, 0.15) is 13.2 Å². The van der Waals surface area contributed by atoms with Crippen molar-refractivity contribution in [2.75, 3.05) is 13.2 Å². The number of ether oxygens (including phenoxy) is 2. The Hall–Kier alpha value is -1.52. The van der Waals surface area contributed by atoms with Crippen LogP contribution in [0, 0.1) is 0 Å². The van der Waals surface area contributed by atoms with Crippen molar-refractivity contribution in [2.24, 2.45) is 4.99 Å². The Morgan fingerprint density at radius 2 is 1.78 bits per heavy atom. The molecule has 0 aromatic heterocycles. The Labute approximate surface area is 109 Å². The van der Waals surface area contributed by atoms with E-state index in [2.05, 4.69) is 16.9 Å². The van der Waals surface area contributed by atoms with E-state index in [0.717, 1.165) is 0 Å². The summed E-state index contributed by atoms with van der Waals surface area (Å²) in [6.45, 7) is 13.5. The standard InChI is InChI=1S/C13H24N2O3/c1-9(2)12(16)17-7-8-18-13(14-10(3)4)15-11(5)6/h10-11H,1,7-8H2,2-6H3,(H,14,15). The first-order valence-electron chi connectivity index (χ1n) is 6.12. The monoisotopic (exact) mass is 256 g/mol. The maximum atomic E-state index is 11.1. The minimum absolute atomic E-state index is 0.143. The number of hydrogen-bond donors (Lipinski definition) is 1. The van der Waals surface area contributed by atoms with E-state index in [9.17, 15) is 4.79 Å². The third-order valence-electron chi connectivity index (χ3n) is 1.69. The quantitative estimate of drug-likeness (QED) is 0.259. The molecular formula is C13H24N2O3. The summed E-state index contributed by atoms with van der Waals surface area (Å²) in [6, 6.07) is 0.857. The largest absolute Gasteiger partial charge is 0.462 e. The summed E-state index contributed by atoms with van der Waals surface area (Å²) in [5.74, 6) is -0.405. The Bertz CT molecular complexity index is 309. The van der Waals surface area contributed by atoms with Crippen LogP contribution in [0.5, 0.6) is 0 Å². The van der Waals surface area contributed by atoms with Gasteiger partial charge in [-0.05, 0) is 34.6 Å². The highest BCUT2D eigenvalue weighted by molar-refractivity contribution is 5.86. The van der Waals surface area contributed by atoms with Crippen molar-refractivity contribution >= 4 is 12.0 Å². The molecule has 5 nitrogen and oxygen atoms in total. The maximum Gasteiger partial charge on any atom is 0.333 e. The number of aliphatic imine (C=N–C) groups is 1. The van der Waals surface area contributed by atoms with Crippen LogP contribution < -0.4 is 5.32 Å². The lowest BCUT2D eigenvalue weighted by atomic mass is 10.4. The second-order valence-electron chi connectivity index (χ2n) is 4.59. The first kappa shape index (κ1) is 16.5. The van der Waals surface area contributed by atoms with E-state index in [1.807, 2.05) is 27.7 Å². The van der Waals surface area contributed by atoms with E-state index in [1.165, 1.54) is 0 Å². The molecule has 0 aliphatic heterocycles. The second kappa shape index (κ2) is 8.55. The summed E-state index contributed by atoms with van der Waals surface area (Å²) in [7, 11) is 0. The molecule has 0 atom stereocenters. The molecule has 0 radical (unpaired) electrons. The van der Waals surface area contributed by atoms with Gasteiger partial charge in [-0.2, -0.15) is 0 Å². The molecule has 0 amide bonds. The minimum Gasteiger partial charge on any atom is -0.462 e. The molecule has 0 saturated carbocycles. The molecule has 0 bridgehead atoms. The van der Waals surface area contributed by atoms with Crippen molar-refractivity contribution < 1.29 is 14.3 Å². The SMILES string of the molecule is C=C(C)C(=O)OCCO/C(=N\C(C)C)NC(C)C. The predicted molar refractivity (Wildman–Crippen MR) is 72.6 cm³/mol. The Kier molecular flexibility index (Phi) is 7.83. The highest BCUT2D eigenvalue weighted by atomic mass is 16.6. The molecule has 1 N–H and O–H groups in total. The second-order valence-corrected chi connectivity index (χ2v) is 4.59. The third kappa shape index (κ3) is 8.61. The number of nitrogens with one attached hydrogen (secondary N) is 1. The summed E-state index contributed by atoms with van der Waals surface area (Å²) in [6.07, 6.45) is 0. The van der Waals surface area contributed by atoms with Crippen molar-refractivity contribution in [1.29, 1.82) is 0 Å². The number of carbonyl (C=O) groups excluding carboxylic acids is 1. The molecule has 0 fully saturated rings. The van der Waals surface area contributed by atoms with Gasteiger partial charge in [-0.1, -0.05) is 6.58 Å². The highest BCUT2D eigenvalue weighted by Crippen LogP contribution is 1.94. The van der Waals surface area contributed by atoms with Gasteiger partial charge >= 0.3 is 5.97 Å². The Balaban J connectivity index is 4.05. The van der Waals surface area contributed by atoms with Crippen molar-refractivity contribution in [1.82, 2.24) is 5.32 Å². The molecule has 0 aliphatic rings. The van der Waals surface area contributed by atoms with Crippen LogP contribution in [0.4, 0.5) is 0 Å². The van der Waals surface area contributed by atoms with Crippen LogP contribution in [-0.2, 0) is 14.3 Å². The molecule has 0 aliphatic carbocycles. The highest BCUT2D eigenvalue weighted by Gasteiger charge is 2.06. The normalized spacial score (nSPS) is 11.6. The Morgan fingerprint density at radius 1 is 1.22 bits per heavy atom. The van der Waals surface area contributed by atoms with Crippen LogP contribution in [0.15, 0.2) is 17.1 Å². The molecule has 0 aromatic rings. The van der Waals surface area contributed by atoms with Crippen LogP contribution in [0.25, 0.3) is 0 Å². The van der Waals surface area contributed by atoms with Crippen LogP contribution in [-0.4, -0.2) is 37.3 Å². The van der Waals surface area contributed by atoms with Gasteiger partial charge in [0.2, 0.25) is 0 Å². The first-order valence-corrected chi connectivity index (χ1v) is 6.12. The van der Waals surface area contributed by atoms with E-state index in [0.29, 0.717) is 11.6 Å². The van der Waals surface area contributed by atoms with E-state index in [-0.39, 0.29) is 25.3 Å². The average Bonchev–Trinajstić information content (AvgIpc) is 2.21. The molecule has 0 unspecified atom stereocenters. The van der Waals surface area contributed by atoms with Gasteiger partial charge in [-0.3, -0.25) is 0 Å². The molecule has 0 heterocycles. The predicted octanol–water partition coefficient (Wildman–Crippen LogP) is 1.88. The van der Waals surface area contributed by atoms with E-state index in [1.54, 1.807) is 6.92 Å². The van der Waals surface area contributed by atoms with Gasteiger partial charge in [0.25, 0.3) is 6.02 Å². The van der Waals surface area contributed by atoms with Crippen LogP contribution >= 0.6 is 0 Å². The van der Waals surface area contributed by atoms with Crippen molar-refractivity contribution in [3.05, 3.63) is 12.2 Å². The molecule has 0 spiro atoms. The summed E-state index contributed by atoms with van der Waals surface area (Å²) in [5, 5.41) is 3.09. The Morgan fingerprint density at radius 3 is 2.22 bits per heavy atom. The van der Waals surface area contributed by atoms with Gasteiger partial charge in [0, 0.05) is 17.7 Å². The number of hydrogen-bond acceptors (Lipinski definition) is 4. The van der Waals surface area contributed by atoms with Gasteiger partial charge in [0.05, 0.1) is 0 Å². The minimum atomic E-state index is -0.405. The fraction of sp³-hybridized carbons (Fsp3) is 0.692. The first-order chi connectivity index (χ1) is 8.32. The number of rotatable bonds is 6. The zero-order valence-electron chi connectivity index (χ0n) is 11.9. The fourth-order valence-electron chi connectivity index (χ4n) is 0.994. The van der Waals surface area contributed by atoms with Crippen molar-refractivity contribution in [2.45, 2.75) is 46.7 Å². The molecular weight excluding hydrogens is 232 g/mol. The van der Waals surface area contributed by atoms with Crippen molar-refractivity contribution in [3.63, 3.8) is 0 Å². The zero-order valence-corrected chi connectivity index (χ0v) is 11.9. The average molecular weight is 256 g/mol. The maximum absolute atomic E-state index is 11.1. The van der Waals surface area contributed by atoms with Crippen LogP contribution in [0.3, 0.4) is 0 Å². The van der Waals surface area contributed by atoms with Gasteiger partial charge in [-0.15, -0.1) is 0 Å². The van der Waals surface area contributed by atoms with E-state index < -0.39 is 5.97 Å². The topological polar surface area (TPSA) is 59.9 Å². The van der Waals surface area contributed by atoms with Gasteiger partial charge < -0.3 is 14.8 Å².